The average Bonchev–Trinajstić information content (AvgIpc) is 2.57. The topological polar surface area (TPSA) is 18.8 Å². The summed E-state index contributed by atoms with van der Waals surface area (Å²) in [6, 6.07) is 0. The Kier molecular flexibility index (Phi) is 6.36. The molecule has 0 N–H and O–H groups in total. The molecule has 0 fully saturated rings. The zero-order valence-electron chi connectivity index (χ0n) is 9.82. The highest BCUT2D eigenvalue weighted by atomic mass is 127. The first-order valence-electron chi connectivity index (χ1n) is 6.04. The molecule has 0 spiro atoms. The number of hydrazone groups is 1. The molecule has 88 valence electrons. The lowest BCUT2D eigenvalue weighted by atomic mass is 10.2. The SMILES string of the molecule is CCCCCCN1N=CN(I)C1CCC. The van der Waals surface area contributed by atoms with Gasteiger partial charge in [-0.1, -0.05) is 39.5 Å². The molecule has 0 aromatic heterocycles. The summed E-state index contributed by atoms with van der Waals surface area (Å²) < 4.78 is 2.20. The van der Waals surface area contributed by atoms with Crippen LogP contribution in [0.1, 0.15) is 52.4 Å². The Hall–Kier alpha value is 0. The van der Waals surface area contributed by atoms with Gasteiger partial charge in [-0.3, -0.25) is 8.12 Å². The third-order valence-electron chi connectivity index (χ3n) is 2.73. The molecule has 3 nitrogen and oxygen atoms in total. The van der Waals surface area contributed by atoms with E-state index in [4.69, 9.17) is 0 Å². The Morgan fingerprint density at radius 2 is 2.00 bits per heavy atom. The summed E-state index contributed by atoms with van der Waals surface area (Å²) >= 11 is 2.34. The van der Waals surface area contributed by atoms with E-state index >= 15 is 0 Å². The Morgan fingerprint density at radius 1 is 1.20 bits per heavy atom. The number of hydrogen-bond acceptors (Lipinski definition) is 3. The summed E-state index contributed by atoms with van der Waals surface area (Å²) in [7, 11) is 0. The molecule has 0 saturated heterocycles. The molecule has 1 unspecified atom stereocenters. The molecule has 0 aliphatic carbocycles. The fourth-order valence-corrected chi connectivity index (χ4v) is 2.51. The Morgan fingerprint density at radius 3 is 2.67 bits per heavy atom. The maximum absolute atomic E-state index is 4.44. The van der Waals surface area contributed by atoms with Crippen molar-refractivity contribution in [2.45, 2.75) is 58.5 Å². The van der Waals surface area contributed by atoms with Crippen molar-refractivity contribution in [3.8, 4) is 0 Å². The zero-order valence-corrected chi connectivity index (χ0v) is 12.0. The highest BCUT2D eigenvalue weighted by Gasteiger charge is 2.24. The molecular formula is C11H22IN3. The number of hydrogen-bond donors (Lipinski definition) is 0. The van der Waals surface area contributed by atoms with Gasteiger partial charge in [-0.2, -0.15) is 5.10 Å². The summed E-state index contributed by atoms with van der Waals surface area (Å²) in [6.45, 7) is 5.60. The molecule has 0 saturated carbocycles. The van der Waals surface area contributed by atoms with Gasteiger partial charge in [0.2, 0.25) is 0 Å². The van der Waals surface area contributed by atoms with Crippen molar-refractivity contribution >= 4 is 29.2 Å². The standard InChI is InChI=1S/C11H22IN3/c1-3-5-6-7-9-15-11(8-4-2)14(12)10-13-15/h10-11H,3-9H2,1-2H3. The van der Waals surface area contributed by atoms with Gasteiger partial charge in [-0.25, -0.2) is 0 Å². The Bertz CT molecular complexity index is 196. The number of nitrogens with zero attached hydrogens (tertiary/aromatic N) is 3. The van der Waals surface area contributed by atoms with E-state index in [1.165, 1.54) is 38.5 Å². The molecule has 0 aromatic rings. The van der Waals surface area contributed by atoms with Crippen LogP contribution in [0.3, 0.4) is 0 Å². The van der Waals surface area contributed by atoms with E-state index in [0.29, 0.717) is 6.17 Å². The third kappa shape index (κ3) is 4.17. The van der Waals surface area contributed by atoms with E-state index in [0.717, 1.165) is 6.54 Å². The van der Waals surface area contributed by atoms with Crippen LogP contribution in [-0.4, -0.2) is 27.2 Å². The summed E-state index contributed by atoms with van der Waals surface area (Å²) in [5.74, 6) is 0. The van der Waals surface area contributed by atoms with Crippen LogP contribution in [0.4, 0.5) is 0 Å². The molecule has 0 aromatic carbocycles. The second-order valence-electron chi connectivity index (χ2n) is 4.07. The lowest BCUT2D eigenvalue weighted by Crippen LogP contribution is -2.34. The zero-order chi connectivity index (χ0) is 11.1. The minimum absolute atomic E-state index is 0.497. The molecule has 1 aliphatic rings. The fraction of sp³-hybridized carbons (Fsp3) is 0.909. The molecule has 1 aliphatic heterocycles. The van der Waals surface area contributed by atoms with Gasteiger partial charge in [0.25, 0.3) is 0 Å². The van der Waals surface area contributed by atoms with Gasteiger partial charge in [0, 0.05) is 6.54 Å². The van der Waals surface area contributed by atoms with E-state index in [-0.39, 0.29) is 0 Å². The summed E-state index contributed by atoms with van der Waals surface area (Å²) in [4.78, 5) is 0. The molecule has 1 heterocycles. The lowest BCUT2D eigenvalue weighted by Gasteiger charge is -2.26. The van der Waals surface area contributed by atoms with Gasteiger partial charge in [-0.15, -0.1) is 0 Å². The summed E-state index contributed by atoms with van der Waals surface area (Å²) in [5.41, 5.74) is 0. The monoisotopic (exact) mass is 323 g/mol. The fourth-order valence-electron chi connectivity index (χ4n) is 1.83. The molecule has 0 bridgehead atoms. The van der Waals surface area contributed by atoms with Gasteiger partial charge in [0.05, 0.1) is 22.9 Å². The first-order valence-corrected chi connectivity index (χ1v) is 7.01. The van der Waals surface area contributed by atoms with Crippen LogP contribution in [0.15, 0.2) is 5.10 Å². The largest absolute Gasteiger partial charge is 0.280 e. The molecule has 1 atom stereocenters. The van der Waals surface area contributed by atoms with Crippen LogP contribution in [0, 0.1) is 0 Å². The van der Waals surface area contributed by atoms with Crippen LogP contribution in [0.2, 0.25) is 0 Å². The van der Waals surface area contributed by atoms with Crippen molar-refractivity contribution in [1.82, 2.24) is 8.12 Å². The Balaban J connectivity index is 2.24. The Labute approximate surface area is 107 Å². The molecule has 1 rings (SSSR count). The van der Waals surface area contributed by atoms with Crippen molar-refractivity contribution in [1.29, 1.82) is 0 Å². The normalized spacial score (nSPS) is 20.3. The van der Waals surface area contributed by atoms with Gasteiger partial charge in [-0.05, 0) is 12.8 Å². The van der Waals surface area contributed by atoms with Gasteiger partial charge >= 0.3 is 0 Å². The second-order valence-corrected chi connectivity index (χ2v) is 5.18. The predicted molar refractivity (Wildman–Crippen MR) is 73.9 cm³/mol. The predicted octanol–water partition coefficient (Wildman–Crippen LogP) is 3.60. The van der Waals surface area contributed by atoms with E-state index in [1.54, 1.807) is 0 Å². The number of halogens is 1. The quantitative estimate of drug-likeness (QED) is 0.405. The molecular weight excluding hydrogens is 301 g/mol. The first kappa shape index (κ1) is 13.1. The van der Waals surface area contributed by atoms with Crippen LogP contribution < -0.4 is 0 Å². The highest BCUT2D eigenvalue weighted by Crippen LogP contribution is 2.21. The van der Waals surface area contributed by atoms with Crippen LogP contribution in [0.25, 0.3) is 0 Å². The maximum Gasteiger partial charge on any atom is 0.128 e. The summed E-state index contributed by atoms with van der Waals surface area (Å²) in [5, 5.41) is 6.68. The first-order chi connectivity index (χ1) is 7.29. The number of unbranched alkanes of at least 4 members (excludes halogenated alkanes) is 3. The van der Waals surface area contributed by atoms with E-state index < -0.39 is 0 Å². The third-order valence-corrected chi connectivity index (χ3v) is 3.62. The van der Waals surface area contributed by atoms with Crippen LogP contribution in [-0.2, 0) is 0 Å². The smallest absolute Gasteiger partial charge is 0.128 e. The van der Waals surface area contributed by atoms with Gasteiger partial charge in [0.1, 0.15) is 12.5 Å². The van der Waals surface area contributed by atoms with Crippen molar-refractivity contribution in [2.75, 3.05) is 6.54 Å². The molecule has 0 amide bonds. The molecule has 4 heteroatoms. The average molecular weight is 323 g/mol. The lowest BCUT2D eigenvalue weighted by molar-refractivity contribution is 0.172. The van der Waals surface area contributed by atoms with Crippen molar-refractivity contribution in [2.24, 2.45) is 5.10 Å². The number of rotatable bonds is 7. The minimum atomic E-state index is 0.497. The van der Waals surface area contributed by atoms with Crippen molar-refractivity contribution in [3.05, 3.63) is 0 Å². The molecule has 15 heavy (non-hydrogen) atoms. The highest BCUT2D eigenvalue weighted by molar-refractivity contribution is 14.1. The second kappa shape index (κ2) is 7.30. The maximum atomic E-state index is 4.44. The van der Waals surface area contributed by atoms with Crippen LogP contribution in [0.5, 0.6) is 0 Å². The van der Waals surface area contributed by atoms with E-state index in [2.05, 4.69) is 49.9 Å². The molecule has 0 radical (unpaired) electrons. The van der Waals surface area contributed by atoms with Gasteiger partial charge in [0.15, 0.2) is 0 Å². The van der Waals surface area contributed by atoms with Gasteiger partial charge < -0.3 is 0 Å². The summed E-state index contributed by atoms with van der Waals surface area (Å²) in [6.07, 6.45) is 10.1. The van der Waals surface area contributed by atoms with E-state index in [9.17, 15) is 0 Å². The van der Waals surface area contributed by atoms with Crippen molar-refractivity contribution in [3.63, 3.8) is 0 Å². The minimum Gasteiger partial charge on any atom is -0.280 e. The van der Waals surface area contributed by atoms with Crippen LogP contribution >= 0.6 is 22.9 Å². The van der Waals surface area contributed by atoms with Crippen molar-refractivity contribution < 1.29 is 0 Å². The van der Waals surface area contributed by atoms with E-state index in [1.807, 2.05) is 6.34 Å².